The molecule has 134 valence electrons. The summed E-state index contributed by atoms with van der Waals surface area (Å²) in [5, 5.41) is 3.99. The van der Waals surface area contributed by atoms with E-state index >= 15 is 0 Å². The highest BCUT2D eigenvalue weighted by molar-refractivity contribution is 6.30. The highest BCUT2D eigenvalue weighted by Crippen LogP contribution is 2.31. The average molecular weight is 362 g/mol. The fourth-order valence-corrected chi connectivity index (χ4v) is 3.18. The molecule has 6 nitrogen and oxygen atoms in total. The minimum Gasteiger partial charge on any atom is -0.495 e. The van der Waals surface area contributed by atoms with Gasteiger partial charge in [0.2, 0.25) is 5.95 Å². The zero-order valence-corrected chi connectivity index (χ0v) is 15.2. The fraction of sp³-hybridized carbons (Fsp3) is 0.444. The predicted molar refractivity (Wildman–Crippen MR) is 102 cm³/mol. The number of hydrogen-bond acceptors (Lipinski definition) is 6. The molecule has 0 aliphatic carbocycles. The van der Waals surface area contributed by atoms with E-state index in [2.05, 4.69) is 25.1 Å². The number of nitrogens with one attached hydrogen (secondary N) is 1. The number of methoxy groups -OCH3 is 1. The first kappa shape index (κ1) is 17.8. The van der Waals surface area contributed by atoms with E-state index in [0.29, 0.717) is 5.95 Å². The van der Waals surface area contributed by atoms with E-state index in [9.17, 15) is 0 Å². The molecule has 3 rings (SSSR count). The van der Waals surface area contributed by atoms with Gasteiger partial charge >= 0.3 is 0 Å². The Bertz CT molecular complexity index is 662. The van der Waals surface area contributed by atoms with E-state index in [-0.39, 0.29) is 0 Å². The van der Waals surface area contributed by atoms with Crippen LogP contribution in [0.3, 0.4) is 0 Å². The van der Waals surface area contributed by atoms with Crippen LogP contribution in [0.4, 0.5) is 11.6 Å². The molecule has 1 N–H and O–H groups in total. The second-order valence-electron chi connectivity index (χ2n) is 6.00. The first-order valence-electron chi connectivity index (χ1n) is 8.58. The lowest BCUT2D eigenvalue weighted by atomic mass is 10.2. The van der Waals surface area contributed by atoms with Crippen LogP contribution in [0.15, 0.2) is 36.7 Å². The molecule has 1 fully saturated rings. The number of nitrogens with zero attached hydrogens (tertiary/aromatic N) is 4. The fourth-order valence-electron chi connectivity index (χ4n) is 3.02. The van der Waals surface area contributed by atoms with Crippen molar-refractivity contribution in [1.82, 2.24) is 14.9 Å². The van der Waals surface area contributed by atoms with E-state index in [1.165, 1.54) is 0 Å². The molecule has 25 heavy (non-hydrogen) atoms. The largest absolute Gasteiger partial charge is 0.495 e. The molecule has 1 aliphatic rings. The number of aromatic nitrogens is 2. The van der Waals surface area contributed by atoms with Crippen molar-refractivity contribution in [2.24, 2.45) is 0 Å². The molecule has 1 aromatic carbocycles. The Morgan fingerprint density at radius 2 is 1.92 bits per heavy atom. The number of benzene rings is 1. The molecule has 2 aromatic rings. The maximum atomic E-state index is 6.15. The highest BCUT2D eigenvalue weighted by atomic mass is 35.5. The molecule has 0 amide bonds. The SMILES string of the molecule is COc1ccc(Cl)cc1N1CCN(CCCNc2ncccn2)CC1. The van der Waals surface area contributed by atoms with E-state index in [1.54, 1.807) is 19.5 Å². The van der Waals surface area contributed by atoms with Crippen molar-refractivity contribution >= 4 is 23.2 Å². The predicted octanol–water partition coefficient (Wildman–Crippen LogP) is 2.76. The summed E-state index contributed by atoms with van der Waals surface area (Å²) in [6, 6.07) is 7.60. The number of piperazine rings is 1. The molecule has 2 heterocycles. The lowest BCUT2D eigenvalue weighted by Gasteiger charge is -2.36. The first-order valence-corrected chi connectivity index (χ1v) is 8.96. The normalized spacial score (nSPS) is 15.2. The van der Waals surface area contributed by atoms with Gasteiger partial charge in [0.05, 0.1) is 12.8 Å². The summed E-state index contributed by atoms with van der Waals surface area (Å²) in [5.41, 5.74) is 1.08. The van der Waals surface area contributed by atoms with Crippen molar-refractivity contribution < 1.29 is 4.74 Å². The van der Waals surface area contributed by atoms with Crippen LogP contribution in [0.2, 0.25) is 5.02 Å². The van der Waals surface area contributed by atoms with Crippen molar-refractivity contribution in [2.45, 2.75) is 6.42 Å². The summed E-state index contributed by atoms with van der Waals surface area (Å²) in [6.45, 7) is 5.99. The van der Waals surface area contributed by atoms with Crippen molar-refractivity contribution in [2.75, 3.05) is 56.6 Å². The Morgan fingerprint density at radius 1 is 1.16 bits per heavy atom. The summed E-state index contributed by atoms with van der Waals surface area (Å²) in [7, 11) is 1.70. The van der Waals surface area contributed by atoms with Crippen LogP contribution in [0.25, 0.3) is 0 Å². The zero-order chi connectivity index (χ0) is 17.5. The summed E-state index contributed by atoms with van der Waals surface area (Å²) in [6.07, 6.45) is 4.57. The topological polar surface area (TPSA) is 53.5 Å². The van der Waals surface area contributed by atoms with Gasteiger partial charge in [0.15, 0.2) is 0 Å². The van der Waals surface area contributed by atoms with Crippen molar-refractivity contribution in [1.29, 1.82) is 0 Å². The monoisotopic (exact) mass is 361 g/mol. The maximum Gasteiger partial charge on any atom is 0.222 e. The van der Waals surface area contributed by atoms with Gasteiger partial charge in [-0.05, 0) is 37.2 Å². The Hall–Kier alpha value is -2.05. The molecule has 0 saturated carbocycles. The number of hydrogen-bond donors (Lipinski definition) is 1. The van der Waals surface area contributed by atoms with Crippen LogP contribution >= 0.6 is 11.6 Å². The van der Waals surface area contributed by atoms with Gasteiger partial charge in [0.1, 0.15) is 5.75 Å². The summed E-state index contributed by atoms with van der Waals surface area (Å²) in [4.78, 5) is 13.2. The van der Waals surface area contributed by atoms with Crippen molar-refractivity contribution in [3.05, 3.63) is 41.7 Å². The number of anilines is 2. The second kappa shape index (κ2) is 8.87. The van der Waals surface area contributed by atoms with Crippen LogP contribution in [0, 0.1) is 0 Å². The quantitative estimate of drug-likeness (QED) is 0.765. The van der Waals surface area contributed by atoms with Gasteiger partial charge in [-0.15, -0.1) is 0 Å². The van der Waals surface area contributed by atoms with Gasteiger partial charge < -0.3 is 15.0 Å². The smallest absolute Gasteiger partial charge is 0.222 e. The minimum atomic E-state index is 0.695. The molecule has 0 bridgehead atoms. The third-order valence-corrected chi connectivity index (χ3v) is 4.59. The molecule has 1 aliphatic heterocycles. The molecule has 1 aromatic heterocycles. The van der Waals surface area contributed by atoms with Crippen LogP contribution in [-0.2, 0) is 0 Å². The number of halogens is 1. The summed E-state index contributed by atoms with van der Waals surface area (Å²) in [5.74, 6) is 1.57. The van der Waals surface area contributed by atoms with Crippen LogP contribution in [0.5, 0.6) is 5.75 Å². The Balaban J connectivity index is 1.42. The van der Waals surface area contributed by atoms with Crippen LogP contribution < -0.4 is 15.0 Å². The Morgan fingerprint density at radius 3 is 2.64 bits per heavy atom. The molecule has 7 heteroatoms. The third-order valence-electron chi connectivity index (χ3n) is 4.35. The number of ether oxygens (including phenoxy) is 1. The third kappa shape index (κ3) is 4.96. The first-order chi connectivity index (χ1) is 12.3. The van der Waals surface area contributed by atoms with Gasteiger partial charge in [-0.1, -0.05) is 11.6 Å². The van der Waals surface area contributed by atoms with E-state index in [0.717, 1.165) is 62.1 Å². The average Bonchev–Trinajstić information content (AvgIpc) is 2.66. The molecule has 0 spiro atoms. The van der Waals surface area contributed by atoms with E-state index < -0.39 is 0 Å². The highest BCUT2D eigenvalue weighted by Gasteiger charge is 2.19. The molecule has 1 saturated heterocycles. The van der Waals surface area contributed by atoms with Crippen LogP contribution in [0.1, 0.15) is 6.42 Å². The van der Waals surface area contributed by atoms with Gasteiger partial charge in [-0.25, -0.2) is 9.97 Å². The lowest BCUT2D eigenvalue weighted by molar-refractivity contribution is 0.256. The standard InChI is InChI=1S/C18H24ClN5O/c1-25-17-5-4-15(19)14-16(17)24-12-10-23(11-13-24)9-3-8-22-18-20-6-2-7-21-18/h2,4-7,14H,3,8-13H2,1H3,(H,20,21,22). The lowest BCUT2D eigenvalue weighted by Crippen LogP contribution is -2.47. The number of rotatable bonds is 7. The maximum absolute atomic E-state index is 6.15. The Kier molecular flexibility index (Phi) is 6.30. The molecule has 0 atom stereocenters. The summed E-state index contributed by atoms with van der Waals surface area (Å²) < 4.78 is 5.47. The van der Waals surface area contributed by atoms with Gasteiger partial charge in [-0.2, -0.15) is 0 Å². The molecule has 0 unspecified atom stereocenters. The Labute approximate surface area is 153 Å². The van der Waals surface area contributed by atoms with Crippen LogP contribution in [-0.4, -0.2) is 61.2 Å². The van der Waals surface area contributed by atoms with Gasteiger partial charge in [0, 0.05) is 50.1 Å². The van der Waals surface area contributed by atoms with E-state index in [4.69, 9.17) is 16.3 Å². The van der Waals surface area contributed by atoms with Crippen molar-refractivity contribution in [3.8, 4) is 5.75 Å². The van der Waals surface area contributed by atoms with Gasteiger partial charge in [-0.3, -0.25) is 4.90 Å². The van der Waals surface area contributed by atoms with Crippen molar-refractivity contribution in [3.63, 3.8) is 0 Å². The summed E-state index contributed by atoms with van der Waals surface area (Å²) >= 11 is 6.15. The molecule has 0 radical (unpaired) electrons. The second-order valence-corrected chi connectivity index (χ2v) is 6.43. The van der Waals surface area contributed by atoms with Gasteiger partial charge in [0.25, 0.3) is 0 Å². The van der Waals surface area contributed by atoms with E-state index in [1.807, 2.05) is 24.3 Å². The molecular weight excluding hydrogens is 338 g/mol. The minimum absolute atomic E-state index is 0.695. The zero-order valence-electron chi connectivity index (χ0n) is 14.5. The molecular formula is C18H24ClN5O.